The number of carboxylic acid groups (broad SMARTS) is 1. The van der Waals surface area contributed by atoms with Gasteiger partial charge in [-0.25, -0.2) is 8.42 Å². The molecule has 2 atom stereocenters. The van der Waals surface area contributed by atoms with Crippen LogP contribution >= 0.6 is 0 Å². The van der Waals surface area contributed by atoms with Crippen LogP contribution in [0.1, 0.15) is 39.5 Å². The van der Waals surface area contributed by atoms with Crippen LogP contribution in [0.15, 0.2) is 0 Å². The number of rotatable bonds is 7. The molecule has 0 bridgehead atoms. The summed E-state index contributed by atoms with van der Waals surface area (Å²) < 4.78 is 23.8. The lowest BCUT2D eigenvalue weighted by atomic mass is 9.90. The quantitative estimate of drug-likeness (QED) is 0.711. The van der Waals surface area contributed by atoms with E-state index in [1.807, 2.05) is 13.8 Å². The summed E-state index contributed by atoms with van der Waals surface area (Å²) in [5.74, 6) is -2.39. The van der Waals surface area contributed by atoms with Gasteiger partial charge in [-0.2, -0.15) is 0 Å². The standard InChI is InChI=1S/C14H25NO5S/c1-3-4-5-6-21(19,20)10-13(16)15-8-11(2)7-12(9-15)14(17)18/h11-12H,3-10H2,1-2H3,(H,17,18). The molecule has 2 unspecified atom stereocenters. The highest BCUT2D eigenvalue weighted by Crippen LogP contribution is 2.22. The minimum absolute atomic E-state index is 0.0261. The Morgan fingerprint density at radius 1 is 1.24 bits per heavy atom. The number of nitrogens with zero attached hydrogens (tertiary/aromatic N) is 1. The van der Waals surface area contributed by atoms with Gasteiger partial charge in [0.15, 0.2) is 9.84 Å². The van der Waals surface area contributed by atoms with Crippen molar-refractivity contribution in [1.82, 2.24) is 4.90 Å². The molecule has 0 aromatic carbocycles. The summed E-state index contributed by atoms with van der Waals surface area (Å²) in [5, 5.41) is 9.08. The Morgan fingerprint density at radius 2 is 1.90 bits per heavy atom. The van der Waals surface area contributed by atoms with Gasteiger partial charge in [-0.1, -0.05) is 26.7 Å². The molecule has 1 saturated heterocycles. The molecule has 0 radical (unpaired) electrons. The monoisotopic (exact) mass is 319 g/mol. The molecule has 1 aliphatic heterocycles. The summed E-state index contributed by atoms with van der Waals surface area (Å²) in [4.78, 5) is 24.6. The molecule has 7 heteroatoms. The first kappa shape index (κ1) is 17.9. The van der Waals surface area contributed by atoms with Gasteiger partial charge in [0.25, 0.3) is 0 Å². The molecule has 21 heavy (non-hydrogen) atoms. The van der Waals surface area contributed by atoms with E-state index in [1.54, 1.807) is 0 Å². The second kappa shape index (κ2) is 7.77. The Bertz CT molecular complexity index is 474. The third-order valence-electron chi connectivity index (χ3n) is 3.76. The molecule has 1 N–H and O–H groups in total. The minimum atomic E-state index is -3.40. The van der Waals surface area contributed by atoms with E-state index >= 15 is 0 Å². The van der Waals surface area contributed by atoms with Crippen LogP contribution in [-0.2, 0) is 19.4 Å². The smallest absolute Gasteiger partial charge is 0.308 e. The van der Waals surface area contributed by atoms with E-state index < -0.39 is 33.4 Å². The topological polar surface area (TPSA) is 91.8 Å². The number of hydrogen-bond donors (Lipinski definition) is 1. The SMILES string of the molecule is CCCCCS(=O)(=O)CC(=O)N1CC(C)CC(C(=O)O)C1. The van der Waals surface area contributed by atoms with E-state index in [0.717, 1.165) is 12.8 Å². The zero-order valence-electron chi connectivity index (χ0n) is 12.7. The van der Waals surface area contributed by atoms with E-state index in [4.69, 9.17) is 5.11 Å². The fourth-order valence-electron chi connectivity index (χ4n) is 2.66. The predicted molar refractivity (Wildman–Crippen MR) is 79.7 cm³/mol. The first-order valence-corrected chi connectivity index (χ1v) is 9.28. The Kier molecular flexibility index (Phi) is 6.64. The number of carbonyl (C=O) groups is 2. The van der Waals surface area contributed by atoms with Gasteiger partial charge >= 0.3 is 5.97 Å². The van der Waals surface area contributed by atoms with Gasteiger partial charge in [-0.15, -0.1) is 0 Å². The maximum Gasteiger partial charge on any atom is 0.308 e. The lowest BCUT2D eigenvalue weighted by Gasteiger charge is -2.34. The second-order valence-corrected chi connectivity index (χ2v) is 8.16. The second-order valence-electron chi connectivity index (χ2n) is 5.97. The van der Waals surface area contributed by atoms with Crippen LogP contribution in [-0.4, -0.2) is 54.9 Å². The highest BCUT2D eigenvalue weighted by molar-refractivity contribution is 7.92. The molecule has 1 aliphatic rings. The molecule has 6 nitrogen and oxygen atoms in total. The molecule has 0 aromatic heterocycles. The van der Waals surface area contributed by atoms with Gasteiger partial charge < -0.3 is 10.0 Å². The van der Waals surface area contributed by atoms with Crippen molar-refractivity contribution in [1.29, 1.82) is 0 Å². The maximum atomic E-state index is 12.1. The summed E-state index contributed by atoms with van der Waals surface area (Å²) in [6, 6.07) is 0. The number of carboxylic acids is 1. The van der Waals surface area contributed by atoms with E-state index in [0.29, 0.717) is 19.4 Å². The van der Waals surface area contributed by atoms with Crippen LogP contribution in [0.3, 0.4) is 0 Å². The molecule has 1 rings (SSSR count). The first-order valence-electron chi connectivity index (χ1n) is 7.46. The molecule has 0 spiro atoms. The van der Waals surface area contributed by atoms with Crippen LogP contribution in [0, 0.1) is 11.8 Å². The largest absolute Gasteiger partial charge is 0.481 e. The van der Waals surface area contributed by atoms with Gasteiger partial charge in [0.05, 0.1) is 11.7 Å². The van der Waals surface area contributed by atoms with E-state index in [2.05, 4.69) is 0 Å². The molecule has 0 aliphatic carbocycles. The fourth-order valence-corrected chi connectivity index (χ4v) is 4.00. The summed E-state index contributed by atoms with van der Waals surface area (Å²) in [5.41, 5.74) is 0. The van der Waals surface area contributed by atoms with Crippen LogP contribution in [0.4, 0.5) is 0 Å². The average Bonchev–Trinajstić information content (AvgIpc) is 2.37. The predicted octanol–water partition coefficient (Wildman–Crippen LogP) is 1.16. The van der Waals surface area contributed by atoms with Crippen LogP contribution in [0.5, 0.6) is 0 Å². The fraction of sp³-hybridized carbons (Fsp3) is 0.857. The molecule has 122 valence electrons. The maximum absolute atomic E-state index is 12.1. The van der Waals surface area contributed by atoms with Crippen LogP contribution < -0.4 is 0 Å². The highest BCUT2D eigenvalue weighted by Gasteiger charge is 2.33. The highest BCUT2D eigenvalue weighted by atomic mass is 32.2. The van der Waals surface area contributed by atoms with Crippen molar-refractivity contribution in [3.05, 3.63) is 0 Å². The van der Waals surface area contributed by atoms with Crippen molar-refractivity contribution < 1.29 is 23.1 Å². The third-order valence-corrected chi connectivity index (χ3v) is 5.36. The van der Waals surface area contributed by atoms with Gasteiger partial charge in [-0.05, 0) is 18.8 Å². The summed E-state index contributed by atoms with van der Waals surface area (Å²) >= 11 is 0. The van der Waals surface area contributed by atoms with E-state index in [9.17, 15) is 18.0 Å². The number of likely N-dealkylation sites (tertiary alicyclic amines) is 1. The number of sulfone groups is 1. The van der Waals surface area contributed by atoms with Crippen molar-refractivity contribution in [2.75, 3.05) is 24.6 Å². The lowest BCUT2D eigenvalue weighted by molar-refractivity contribution is -0.146. The molecule has 1 heterocycles. The molecule has 0 saturated carbocycles. The number of aliphatic carboxylic acids is 1. The molecular weight excluding hydrogens is 294 g/mol. The zero-order chi connectivity index (χ0) is 16.0. The van der Waals surface area contributed by atoms with Crippen LogP contribution in [0.25, 0.3) is 0 Å². The first-order chi connectivity index (χ1) is 9.75. The molecular formula is C14H25NO5S. The van der Waals surface area contributed by atoms with Gasteiger partial charge in [0.1, 0.15) is 5.75 Å². The van der Waals surface area contributed by atoms with Crippen molar-refractivity contribution in [2.45, 2.75) is 39.5 Å². The number of piperidine rings is 1. The normalized spacial score (nSPS) is 23.0. The van der Waals surface area contributed by atoms with Gasteiger partial charge in [0, 0.05) is 13.1 Å². The summed E-state index contributed by atoms with van der Waals surface area (Å²) in [6.45, 7) is 4.42. The van der Waals surface area contributed by atoms with Crippen LogP contribution in [0.2, 0.25) is 0 Å². The third kappa shape index (κ3) is 6.03. The lowest BCUT2D eigenvalue weighted by Crippen LogP contribution is -2.47. The summed E-state index contributed by atoms with van der Waals surface area (Å²) in [7, 11) is -3.40. The van der Waals surface area contributed by atoms with E-state index in [-0.39, 0.29) is 18.2 Å². The zero-order valence-corrected chi connectivity index (χ0v) is 13.6. The van der Waals surface area contributed by atoms with Crippen molar-refractivity contribution in [2.24, 2.45) is 11.8 Å². The number of amides is 1. The Balaban J connectivity index is 2.59. The Hall–Kier alpha value is -1.11. The summed E-state index contributed by atoms with van der Waals surface area (Å²) in [6.07, 6.45) is 2.85. The number of unbranched alkanes of at least 4 members (excludes halogenated alkanes) is 2. The Morgan fingerprint density at radius 3 is 2.48 bits per heavy atom. The van der Waals surface area contributed by atoms with Gasteiger partial charge in [-0.3, -0.25) is 9.59 Å². The number of carbonyl (C=O) groups excluding carboxylic acids is 1. The number of hydrogen-bond acceptors (Lipinski definition) is 4. The minimum Gasteiger partial charge on any atom is -0.481 e. The van der Waals surface area contributed by atoms with Crippen molar-refractivity contribution in [3.8, 4) is 0 Å². The molecule has 1 fully saturated rings. The van der Waals surface area contributed by atoms with Gasteiger partial charge in [0.2, 0.25) is 5.91 Å². The van der Waals surface area contributed by atoms with E-state index in [1.165, 1.54) is 4.90 Å². The molecule has 1 amide bonds. The average molecular weight is 319 g/mol. The molecule has 0 aromatic rings. The van der Waals surface area contributed by atoms with Crippen molar-refractivity contribution in [3.63, 3.8) is 0 Å². The van der Waals surface area contributed by atoms with Crippen molar-refractivity contribution >= 4 is 21.7 Å². The Labute approximate surface area is 126 Å².